The summed E-state index contributed by atoms with van der Waals surface area (Å²) < 4.78 is 22.1. The van der Waals surface area contributed by atoms with Gasteiger partial charge in [0.2, 0.25) is 0 Å². The quantitative estimate of drug-likeness (QED) is 0.0254. The molecular weight excluding hydrogens is 1130 g/mol. The number of allylic oxidation sites excluding steroid dienone is 2. The normalized spacial score (nSPS) is 11.7. The molecule has 2 unspecified atom stereocenters. The molecule has 72 heavy (non-hydrogen) atoms. The van der Waals surface area contributed by atoms with E-state index in [0.29, 0.717) is 70.7 Å². The van der Waals surface area contributed by atoms with E-state index in [1.165, 1.54) is 129 Å². The molecule has 0 aromatic carbocycles. The number of Topliss-reactive ketones (excluding diaryl/α,β-unsaturated/α-hetero) is 2. The molecule has 0 aliphatic heterocycles. The van der Waals surface area contributed by atoms with Crippen molar-refractivity contribution < 1.29 is 74.0 Å². The first-order valence-corrected chi connectivity index (χ1v) is 29.1. The zero-order chi connectivity index (χ0) is 53.8. The monoisotopic (exact) mass is 1240 g/mol. The fraction of sp³-hybridized carbons (Fsp3) is 0.839. The molecule has 9 nitrogen and oxygen atoms in total. The Kier molecular flexibility index (Phi) is 60.4. The molecule has 10 heteroatoms. The first-order chi connectivity index (χ1) is 34.0. The Morgan fingerprint density at radius 3 is 1.22 bits per heavy atom. The minimum absolute atomic E-state index is 0. The predicted octanol–water partition coefficient (Wildman–Crippen LogP) is 18.0. The minimum Gasteiger partial charge on any atom is -0.542 e. The fourth-order valence-corrected chi connectivity index (χ4v) is 8.16. The Morgan fingerprint density at radius 2 is 0.875 bits per heavy atom. The van der Waals surface area contributed by atoms with Crippen LogP contribution in [0.1, 0.15) is 293 Å². The molecule has 0 aromatic rings. The van der Waals surface area contributed by atoms with Crippen molar-refractivity contribution >= 4 is 29.8 Å². The molecule has 0 N–H and O–H groups in total. The van der Waals surface area contributed by atoms with Gasteiger partial charge in [-0.1, -0.05) is 201 Å². The number of ketones is 2. The maximum Gasteiger partial charge on any atom is 2.00 e. The molecule has 0 aromatic heterocycles. The number of unbranched alkanes of at least 4 members (excludes halogenated alkanes) is 22. The smallest absolute Gasteiger partial charge is 0.542 e. The Hall–Kier alpha value is -1.92. The number of hydrogen-bond donors (Lipinski definition) is 0. The number of rotatable bonds is 48. The van der Waals surface area contributed by atoms with Gasteiger partial charge in [-0.25, -0.2) is 0 Å². The number of ether oxygens (including phenoxy) is 4. The number of carbonyl (C=O) groups excluding carboxylic acids is 5. The van der Waals surface area contributed by atoms with Gasteiger partial charge in [0, 0.05) is 51.9 Å². The van der Waals surface area contributed by atoms with Gasteiger partial charge in [-0.15, -0.1) is 6.42 Å². The van der Waals surface area contributed by atoms with E-state index in [4.69, 9.17) is 18.9 Å². The van der Waals surface area contributed by atoms with Crippen molar-refractivity contribution in [2.75, 3.05) is 19.8 Å². The van der Waals surface area contributed by atoms with Gasteiger partial charge < -0.3 is 30.7 Å². The van der Waals surface area contributed by atoms with Crippen LogP contribution in [0.25, 0.3) is 0 Å². The third kappa shape index (κ3) is 62.4. The van der Waals surface area contributed by atoms with Crippen LogP contribution in [0.15, 0.2) is 24.7 Å². The molecular formula is C62H114O9U. The standard InChI is InChI=1S/C31H57O4.C25H45O3.C6H12O2.U/c1-7-10-12-14-16-18-21-33-28(5)24-30(25-29(6)34-23-20-27(4)9-3)26-31(32)35-22-19-17-15-13-11-8-2;1-3-5-7-9-11-13-15-17-24(27)21-23(19-20-26)22-25(28)18-16-14-12-10-8-6-4-2;1-5(7)8-6(2,3)4;/h27,30H,3,5-26H2,1-2,4H3;23H,3-19,21-22H2,1-2H3;1-4H3;/q2*-1;;+2. The van der Waals surface area contributed by atoms with Crippen molar-refractivity contribution in [2.45, 2.75) is 299 Å². The molecule has 0 aliphatic carbocycles. The zero-order valence-electron chi connectivity index (χ0n) is 48.6. The van der Waals surface area contributed by atoms with E-state index in [1.54, 1.807) is 0 Å². The molecule has 0 heterocycles. The molecule has 0 fully saturated rings. The molecule has 0 aliphatic rings. The van der Waals surface area contributed by atoms with Crippen molar-refractivity contribution in [3.05, 3.63) is 31.6 Å². The summed E-state index contributed by atoms with van der Waals surface area (Å²) in [6.07, 6.45) is 38.7. The van der Waals surface area contributed by atoms with Crippen LogP contribution < -0.4 is 0 Å². The molecule has 0 rings (SSSR count). The van der Waals surface area contributed by atoms with Gasteiger partial charge in [0.05, 0.1) is 31.3 Å². The fourth-order valence-electron chi connectivity index (χ4n) is 8.16. The van der Waals surface area contributed by atoms with Crippen LogP contribution in [0.4, 0.5) is 0 Å². The summed E-state index contributed by atoms with van der Waals surface area (Å²) in [5.74, 6) is 1.93. The van der Waals surface area contributed by atoms with Gasteiger partial charge in [0.1, 0.15) is 17.2 Å². The molecule has 2 atom stereocenters. The second kappa shape index (κ2) is 56.8. The maximum absolute atomic E-state index is 12.5. The van der Waals surface area contributed by atoms with Crippen molar-refractivity contribution in [1.82, 2.24) is 0 Å². The Morgan fingerprint density at radius 1 is 0.514 bits per heavy atom. The van der Waals surface area contributed by atoms with Crippen LogP contribution in [-0.4, -0.2) is 55.2 Å². The van der Waals surface area contributed by atoms with Crippen LogP contribution in [0, 0.1) is 55.8 Å². The van der Waals surface area contributed by atoms with E-state index < -0.39 is 0 Å². The van der Waals surface area contributed by atoms with Gasteiger partial charge in [0.25, 0.3) is 0 Å². The largest absolute Gasteiger partial charge is 2.00 e. The first-order valence-electron chi connectivity index (χ1n) is 29.1. The van der Waals surface area contributed by atoms with Crippen LogP contribution in [0.3, 0.4) is 0 Å². The van der Waals surface area contributed by atoms with Crippen LogP contribution in [0.5, 0.6) is 0 Å². The molecule has 0 saturated carbocycles. The minimum atomic E-state index is -0.328. The van der Waals surface area contributed by atoms with E-state index >= 15 is 0 Å². The topological polar surface area (TPSA) is 122 Å². The van der Waals surface area contributed by atoms with E-state index in [2.05, 4.69) is 54.7 Å². The predicted molar refractivity (Wildman–Crippen MR) is 299 cm³/mol. The van der Waals surface area contributed by atoms with Crippen molar-refractivity contribution in [3.63, 3.8) is 0 Å². The van der Waals surface area contributed by atoms with Crippen LogP contribution in [0.2, 0.25) is 0 Å². The average Bonchev–Trinajstić information content (AvgIpc) is 3.30. The van der Waals surface area contributed by atoms with Gasteiger partial charge in [-0.3, -0.25) is 25.5 Å². The number of hydrogen-bond acceptors (Lipinski definition) is 9. The van der Waals surface area contributed by atoms with Crippen LogP contribution in [-0.2, 0) is 42.9 Å². The molecule has 0 spiro atoms. The van der Waals surface area contributed by atoms with Gasteiger partial charge in [0.15, 0.2) is 0 Å². The van der Waals surface area contributed by atoms with E-state index in [1.807, 2.05) is 27.1 Å². The molecule has 0 bridgehead atoms. The summed E-state index contributed by atoms with van der Waals surface area (Å²) in [6, 6.07) is 0. The molecule has 420 valence electrons. The maximum atomic E-state index is 12.5. The second-order valence-corrected chi connectivity index (χ2v) is 21.3. The van der Waals surface area contributed by atoms with E-state index in [9.17, 15) is 24.0 Å². The number of carbonyl (C=O) groups is 4. The van der Waals surface area contributed by atoms with Gasteiger partial charge >= 0.3 is 43.1 Å². The second-order valence-electron chi connectivity index (χ2n) is 21.3. The molecule has 0 amide bonds. The van der Waals surface area contributed by atoms with Crippen LogP contribution >= 0.6 is 0 Å². The summed E-state index contributed by atoms with van der Waals surface area (Å²) in [4.78, 5) is 57.9. The Balaban J connectivity index is -0.000000558. The summed E-state index contributed by atoms with van der Waals surface area (Å²) in [5.41, 5.74) is -0.328. The first kappa shape index (κ1) is 76.6. The Bertz CT molecular complexity index is 1230. The Labute approximate surface area is 469 Å². The average molecular weight is 1240 g/mol. The van der Waals surface area contributed by atoms with E-state index in [-0.39, 0.29) is 78.5 Å². The molecule has 0 saturated heterocycles. The van der Waals surface area contributed by atoms with Crippen molar-refractivity contribution in [3.8, 4) is 0 Å². The summed E-state index contributed by atoms with van der Waals surface area (Å²) in [6.45, 7) is 32.0. The van der Waals surface area contributed by atoms with Gasteiger partial charge in [-0.05, 0) is 58.8 Å². The van der Waals surface area contributed by atoms with E-state index in [0.717, 1.165) is 69.3 Å². The summed E-state index contributed by atoms with van der Waals surface area (Å²) >= 11 is 0. The zero-order valence-corrected chi connectivity index (χ0v) is 52.8. The third-order valence-electron chi connectivity index (χ3n) is 12.4. The third-order valence-corrected chi connectivity index (χ3v) is 12.4. The number of esters is 2. The summed E-state index contributed by atoms with van der Waals surface area (Å²) in [7, 11) is 0. The van der Waals surface area contributed by atoms with Crippen molar-refractivity contribution in [2.24, 2.45) is 17.8 Å². The molecule has 0 radical (unpaired) electrons. The summed E-state index contributed by atoms with van der Waals surface area (Å²) in [5, 5.41) is 0. The van der Waals surface area contributed by atoms with Gasteiger partial charge in [-0.2, -0.15) is 6.42 Å². The SMILES string of the molecule is C=C(CC(CC(=C)OCCC(C)C[CH2-])CC(=O)OCCCCCCCC)OCCCCCCCC.CC(=O)OC(C)(C)C.CCCCCCCCCC(=O)CC(C[C-]=O)CC(=O)CCCCCCCCC.[U+2]. The van der Waals surface area contributed by atoms with Crippen molar-refractivity contribution in [1.29, 1.82) is 0 Å².